The van der Waals surface area contributed by atoms with E-state index >= 15 is 0 Å². The van der Waals surface area contributed by atoms with Gasteiger partial charge in [0.15, 0.2) is 18.0 Å². The molecule has 0 unspecified atom stereocenters. The third-order valence-electron chi connectivity index (χ3n) is 10.1. The second kappa shape index (κ2) is 19.8. The Morgan fingerprint density at radius 3 is 1.73 bits per heavy atom. The number of benzene rings is 4. The number of hydrogen-bond donors (Lipinski definition) is 7. The van der Waals surface area contributed by atoms with Crippen LogP contribution in [0.3, 0.4) is 0 Å². The van der Waals surface area contributed by atoms with Crippen molar-refractivity contribution < 1.29 is 44.1 Å². The molecule has 13 nitrogen and oxygen atoms in total. The Morgan fingerprint density at radius 2 is 1.10 bits per heavy atom. The van der Waals surface area contributed by atoms with Crippen molar-refractivity contribution in [3.05, 3.63) is 148 Å². The number of hydrogen-bond acceptors (Lipinski definition) is 9. The van der Waals surface area contributed by atoms with Crippen LogP contribution in [0.25, 0.3) is 11.1 Å². The summed E-state index contributed by atoms with van der Waals surface area (Å²) in [5.41, 5.74) is 3.95. The number of ketones is 1. The molecule has 6 atom stereocenters. The molecule has 0 radical (unpaired) electrons. The predicted octanol–water partition coefficient (Wildman–Crippen LogP) is 3.47. The topological polar surface area (TPSA) is 211 Å². The summed E-state index contributed by atoms with van der Waals surface area (Å²) in [5.74, 6) is -6.82. The van der Waals surface area contributed by atoms with Gasteiger partial charge in [0.1, 0.15) is 12.1 Å². The molecule has 3 heterocycles. The largest absolute Gasteiger partial charge is 0.481 e. The zero-order valence-electron chi connectivity index (χ0n) is 31.8. The first-order valence-electron chi connectivity index (χ1n) is 19.1. The molecule has 59 heavy (non-hydrogen) atoms. The molecule has 0 spiro atoms. The number of aliphatic hydroxyl groups excluding tert-OH is 2. The van der Waals surface area contributed by atoms with Crippen LogP contribution in [0.2, 0.25) is 0 Å². The van der Waals surface area contributed by atoms with E-state index in [1.54, 1.807) is 60.0 Å². The highest BCUT2D eigenvalue weighted by Crippen LogP contribution is 2.22. The molecular weight excluding hydrogens is 773 g/mol. The van der Waals surface area contributed by atoms with E-state index < -0.39 is 78.1 Å². The van der Waals surface area contributed by atoms with Crippen molar-refractivity contribution in [3.63, 3.8) is 0 Å². The van der Waals surface area contributed by atoms with E-state index in [1.165, 1.54) is 23.5 Å². The number of Topliss-reactive ketones (excluding diaryl/α,β-unsaturated/α-hetero) is 1. The van der Waals surface area contributed by atoms with Crippen LogP contribution >= 0.6 is 11.3 Å². The first-order chi connectivity index (χ1) is 28.4. The Balaban J connectivity index is 1.37. The highest BCUT2D eigenvalue weighted by atomic mass is 32.1. The third-order valence-corrected chi connectivity index (χ3v) is 11.0. The highest BCUT2D eigenvalue weighted by Gasteiger charge is 2.36. The van der Waals surface area contributed by atoms with Gasteiger partial charge in [0.25, 0.3) is 11.8 Å². The Kier molecular flexibility index (Phi) is 14.1. The number of anilines is 1. The molecule has 0 saturated carbocycles. The summed E-state index contributed by atoms with van der Waals surface area (Å²) in [5, 5.41) is 43.9. The van der Waals surface area contributed by atoms with Gasteiger partial charge in [0.05, 0.1) is 12.0 Å². The van der Waals surface area contributed by atoms with Gasteiger partial charge in [-0.2, -0.15) is 0 Å². The number of rotatable bonds is 8. The smallest absolute Gasteiger partial charge is 0.307 e. The molecule has 2 bridgehead atoms. The van der Waals surface area contributed by atoms with Gasteiger partial charge in [-0.1, -0.05) is 103 Å². The number of thiophene rings is 1. The number of amides is 4. The van der Waals surface area contributed by atoms with E-state index in [4.69, 9.17) is 0 Å². The number of fused-ring (bicyclic) bond motifs is 18. The van der Waals surface area contributed by atoms with Crippen LogP contribution in [0.15, 0.2) is 127 Å². The normalized spacial score (nSPS) is 22.3. The minimum absolute atomic E-state index is 0.0376. The van der Waals surface area contributed by atoms with Crippen LogP contribution in [0.4, 0.5) is 5.69 Å². The van der Waals surface area contributed by atoms with Gasteiger partial charge in [-0.15, -0.1) is 11.3 Å². The second-order valence-corrected chi connectivity index (χ2v) is 15.4. The standard InChI is InChI=1S/C45H44N4O9S/c50-38-25-32(45(57)58)22-28-15-19-33(20-16-28)46-43(55)39(51)40(52)44(56)49-37(26-34-12-7-21-59-34)42(54)48-36(41(53)47-35(38)23-27-8-3-1-4-9-27)24-29-13-17-31(18-14-29)30-10-5-2-6-11-30/h1-21,32,35-37,39-40,51-52H,22-26H2,(H,46,55)(H,47,53)(H,48,54)(H,49,56)(H,57,58)/t32-,35-,36-,37+,39+,40+/m0/s1. The number of aliphatic hydroxyl groups is 2. The lowest BCUT2D eigenvalue weighted by atomic mass is 9.90. The molecule has 304 valence electrons. The number of carboxylic acid groups (broad SMARTS) is 1. The minimum atomic E-state index is -2.29. The van der Waals surface area contributed by atoms with Crippen LogP contribution in [-0.4, -0.2) is 81.0 Å². The molecule has 0 fully saturated rings. The second-order valence-electron chi connectivity index (χ2n) is 14.4. The average molecular weight is 817 g/mol. The van der Waals surface area contributed by atoms with Gasteiger partial charge < -0.3 is 36.6 Å². The molecule has 1 aromatic heterocycles. The predicted molar refractivity (Wildman–Crippen MR) is 221 cm³/mol. The van der Waals surface area contributed by atoms with Crippen molar-refractivity contribution in [2.45, 2.75) is 62.4 Å². The summed E-state index contributed by atoms with van der Waals surface area (Å²) < 4.78 is 0. The maximum atomic E-state index is 14.4. The average Bonchev–Trinajstić information content (AvgIpc) is 3.76. The Bertz CT molecular complexity index is 2230. The molecule has 5 aromatic rings. The van der Waals surface area contributed by atoms with E-state index in [0.29, 0.717) is 21.6 Å². The molecule has 7 N–H and O–H groups in total. The number of nitrogens with one attached hydrogen (secondary N) is 4. The fourth-order valence-corrected chi connectivity index (χ4v) is 7.54. The van der Waals surface area contributed by atoms with Crippen molar-refractivity contribution >= 4 is 52.4 Å². The molecule has 2 aliphatic heterocycles. The minimum Gasteiger partial charge on any atom is -0.481 e. The lowest BCUT2D eigenvalue weighted by Gasteiger charge is -2.26. The monoisotopic (exact) mass is 816 g/mol. The van der Waals surface area contributed by atoms with Crippen LogP contribution in [0, 0.1) is 5.92 Å². The molecule has 2 aliphatic rings. The van der Waals surface area contributed by atoms with Crippen LogP contribution in [0.5, 0.6) is 0 Å². The zero-order chi connectivity index (χ0) is 41.9. The van der Waals surface area contributed by atoms with Crippen LogP contribution in [-0.2, 0) is 54.5 Å². The fourth-order valence-electron chi connectivity index (χ4n) is 6.79. The first-order valence-corrected chi connectivity index (χ1v) is 19.9. The van der Waals surface area contributed by atoms with Gasteiger partial charge in [-0.25, -0.2) is 0 Å². The van der Waals surface area contributed by atoms with Crippen LogP contribution in [0.1, 0.15) is 28.0 Å². The van der Waals surface area contributed by atoms with Crippen molar-refractivity contribution in [2.75, 3.05) is 5.32 Å². The molecular formula is C45H44N4O9S. The van der Waals surface area contributed by atoms with Gasteiger partial charge in [0.2, 0.25) is 11.8 Å². The van der Waals surface area contributed by atoms with E-state index in [1.807, 2.05) is 54.6 Å². The summed E-state index contributed by atoms with van der Waals surface area (Å²) >= 11 is 1.30. The number of carbonyl (C=O) groups is 6. The molecule has 14 heteroatoms. The Morgan fingerprint density at radius 1 is 0.559 bits per heavy atom. The zero-order valence-corrected chi connectivity index (χ0v) is 32.6. The maximum Gasteiger partial charge on any atom is 0.307 e. The van der Waals surface area contributed by atoms with E-state index in [0.717, 1.165) is 11.1 Å². The van der Waals surface area contributed by atoms with Gasteiger partial charge >= 0.3 is 5.97 Å². The summed E-state index contributed by atoms with van der Waals surface area (Å²) in [7, 11) is 0. The molecule has 0 aliphatic carbocycles. The van der Waals surface area contributed by atoms with Gasteiger partial charge in [0, 0.05) is 29.8 Å². The number of carboxylic acids is 1. The van der Waals surface area contributed by atoms with Crippen molar-refractivity contribution in [1.29, 1.82) is 0 Å². The Labute approximate surface area is 344 Å². The third kappa shape index (κ3) is 11.6. The fraction of sp³-hybridized carbons (Fsp3) is 0.244. The summed E-state index contributed by atoms with van der Waals surface area (Å²) in [6.07, 6.45) is -5.10. The van der Waals surface area contributed by atoms with E-state index in [9.17, 15) is 44.1 Å². The Hall–Kier alpha value is -6.48. The van der Waals surface area contributed by atoms with Gasteiger partial charge in [-0.3, -0.25) is 28.8 Å². The summed E-state index contributed by atoms with van der Waals surface area (Å²) in [4.78, 5) is 82.2. The highest BCUT2D eigenvalue weighted by molar-refractivity contribution is 7.09. The van der Waals surface area contributed by atoms with Crippen LogP contribution < -0.4 is 21.3 Å². The van der Waals surface area contributed by atoms with E-state index in [2.05, 4.69) is 21.3 Å². The lowest BCUT2D eigenvalue weighted by Crippen LogP contribution is -2.58. The number of carbonyl (C=O) groups excluding carboxylic acids is 5. The maximum absolute atomic E-state index is 14.4. The molecule has 4 aromatic carbocycles. The van der Waals surface area contributed by atoms with Crippen molar-refractivity contribution in [3.8, 4) is 11.1 Å². The summed E-state index contributed by atoms with van der Waals surface area (Å²) in [6, 6.07) is 31.5. The first kappa shape index (κ1) is 42.1. The lowest BCUT2D eigenvalue weighted by molar-refractivity contribution is -0.145. The van der Waals surface area contributed by atoms with Crippen molar-refractivity contribution in [2.24, 2.45) is 5.92 Å². The quantitative estimate of drug-likeness (QED) is 0.114. The molecule has 4 amide bonds. The van der Waals surface area contributed by atoms with Crippen molar-refractivity contribution in [1.82, 2.24) is 16.0 Å². The van der Waals surface area contributed by atoms with E-state index in [-0.39, 0.29) is 31.4 Å². The SMILES string of the molecule is O=C(O)[C@@H]1CC(=O)[C@H](Cc2ccccc2)NC(=O)[C@H](Cc2ccc(-c3ccccc3)cc2)NC(=O)[C@@H](Cc2cccs2)NC(=O)[C@H](O)[C@@H](O)C(=O)Nc2ccc(cc2)C1. The molecule has 0 saturated heterocycles. The number of aliphatic carboxylic acids is 1. The molecule has 7 rings (SSSR count). The van der Waals surface area contributed by atoms with Gasteiger partial charge in [-0.05, 0) is 64.2 Å². The summed E-state index contributed by atoms with van der Waals surface area (Å²) in [6.45, 7) is 0.